The van der Waals surface area contributed by atoms with Crippen molar-refractivity contribution in [2.24, 2.45) is 0 Å². The van der Waals surface area contributed by atoms with Gasteiger partial charge in [0.15, 0.2) is 11.5 Å². The zero-order valence-corrected chi connectivity index (χ0v) is 9.08. The molecule has 84 valence electrons. The Morgan fingerprint density at radius 3 is 2.88 bits per heavy atom. The molecule has 0 fully saturated rings. The Labute approximate surface area is 93.1 Å². The van der Waals surface area contributed by atoms with Gasteiger partial charge in [0.25, 0.3) is 0 Å². The van der Waals surface area contributed by atoms with E-state index in [1.165, 1.54) is 5.56 Å². The minimum atomic E-state index is 0.299. The lowest BCUT2D eigenvalue weighted by Gasteiger charge is -1.98. The number of likely N-dealkylation sites (N-methyl/N-ethyl adjacent to an activating group) is 1. The van der Waals surface area contributed by atoms with Gasteiger partial charge in [0.05, 0.1) is 6.26 Å². The van der Waals surface area contributed by atoms with E-state index in [1.807, 2.05) is 19.2 Å². The van der Waals surface area contributed by atoms with Gasteiger partial charge in [-0.05, 0) is 31.6 Å². The minimum absolute atomic E-state index is 0.299. The Bertz CT molecular complexity index is 518. The van der Waals surface area contributed by atoms with Gasteiger partial charge in [0.2, 0.25) is 6.79 Å². The number of benzene rings is 1. The molecule has 0 saturated heterocycles. The number of nitrogens with one attached hydrogen (secondary N) is 1. The lowest BCUT2D eigenvalue weighted by Crippen LogP contribution is -2.09. The van der Waals surface area contributed by atoms with Gasteiger partial charge < -0.3 is 19.2 Å². The van der Waals surface area contributed by atoms with Crippen LogP contribution in [0.15, 0.2) is 22.8 Å². The van der Waals surface area contributed by atoms with Gasteiger partial charge in [-0.2, -0.15) is 0 Å². The van der Waals surface area contributed by atoms with Crippen LogP contribution in [-0.2, 0) is 6.42 Å². The maximum Gasteiger partial charge on any atom is 0.231 e. The third kappa shape index (κ3) is 1.42. The molecule has 4 heteroatoms. The molecule has 3 rings (SSSR count). The van der Waals surface area contributed by atoms with Crippen LogP contribution >= 0.6 is 0 Å². The molecular weight excluding hydrogens is 206 g/mol. The monoisotopic (exact) mass is 219 g/mol. The Morgan fingerprint density at radius 1 is 1.25 bits per heavy atom. The van der Waals surface area contributed by atoms with Gasteiger partial charge >= 0.3 is 0 Å². The van der Waals surface area contributed by atoms with Crippen LogP contribution in [-0.4, -0.2) is 20.4 Å². The minimum Gasteiger partial charge on any atom is -0.464 e. The highest BCUT2D eigenvalue weighted by atomic mass is 16.7. The molecule has 1 aromatic carbocycles. The normalized spacial score (nSPS) is 13.6. The fourth-order valence-electron chi connectivity index (χ4n) is 1.92. The van der Waals surface area contributed by atoms with Crippen LogP contribution in [0, 0.1) is 0 Å². The number of hydrogen-bond acceptors (Lipinski definition) is 4. The topological polar surface area (TPSA) is 43.6 Å². The summed E-state index contributed by atoms with van der Waals surface area (Å²) in [5, 5.41) is 4.24. The molecule has 0 amide bonds. The Hall–Kier alpha value is -1.68. The highest BCUT2D eigenvalue weighted by molar-refractivity contribution is 5.85. The van der Waals surface area contributed by atoms with E-state index in [0.29, 0.717) is 6.79 Å². The first-order valence-corrected chi connectivity index (χ1v) is 5.33. The fraction of sp³-hybridized carbons (Fsp3) is 0.333. The lowest BCUT2D eigenvalue weighted by molar-refractivity contribution is 0.174. The number of furan rings is 1. The maximum atomic E-state index is 5.51. The molecule has 1 aliphatic rings. The van der Waals surface area contributed by atoms with Crippen LogP contribution in [0.3, 0.4) is 0 Å². The summed E-state index contributed by atoms with van der Waals surface area (Å²) in [6, 6.07) is 3.88. The van der Waals surface area contributed by atoms with Crippen molar-refractivity contribution in [2.75, 3.05) is 20.4 Å². The molecule has 0 bridgehead atoms. The first-order chi connectivity index (χ1) is 7.88. The van der Waals surface area contributed by atoms with E-state index in [9.17, 15) is 0 Å². The van der Waals surface area contributed by atoms with Gasteiger partial charge in [-0.1, -0.05) is 0 Å². The van der Waals surface area contributed by atoms with Crippen molar-refractivity contribution < 1.29 is 13.9 Å². The van der Waals surface area contributed by atoms with E-state index in [-0.39, 0.29) is 0 Å². The van der Waals surface area contributed by atoms with Crippen molar-refractivity contribution in [3.05, 3.63) is 24.0 Å². The summed E-state index contributed by atoms with van der Waals surface area (Å²) < 4.78 is 16.2. The number of hydrogen-bond donors (Lipinski definition) is 1. The second-order valence-electron chi connectivity index (χ2n) is 3.82. The third-order valence-corrected chi connectivity index (χ3v) is 2.79. The van der Waals surface area contributed by atoms with Gasteiger partial charge in [-0.15, -0.1) is 0 Å². The van der Waals surface area contributed by atoms with Crippen LogP contribution in [0.2, 0.25) is 0 Å². The second kappa shape index (κ2) is 3.72. The van der Waals surface area contributed by atoms with Gasteiger partial charge in [0.1, 0.15) is 5.58 Å². The predicted octanol–water partition coefficient (Wildman–Crippen LogP) is 1.92. The van der Waals surface area contributed by atoms with Crippen LogP contribution in [0.25, 0.3) is 11.0 Å². The van der Waals surface area contributed by atoms with Crippen molar-refractivity contribution in [1.82, 2.24) is 5.32 Å². The standard InChI is InChI=1S/C12H13NO3/c1-13-3-2-8-6-14-10-5-12-11(4-9(8)10)15-7-16-12/h4-6,13H,2-3,7H2,1H3. The molecule has 16 heavy (non-hydrogen) atoms. The second-order valence-corrected chi connectivity index (χ2v) is 3.82. The third-order valence-electron chi connectivity index (χ3n) is 2.79. The molecule has 1 aromatic heterocycles. The van der Waals surface area contributed by atoms with E-state index in [0.717, 1.165) is 35.4 Å². The number of rotatable bonds is 3. The SMILES string of the molecule is CNCCc1coc2cc3c(cc12)OCO3. The zero-order chi connectivity index (χ0) is 11.0. The van der Waals surface area contributed by atoms with E-state index < -0.39 is 0 Å². The lowest BCUT2D eigenvalue weighted by atomic mass is 10.1. The number of ether oxygens (including phenoxy) is 2. The van der Waals surface area contributed by atoms with Crippen molar-refractivity contribution in [3.8, 4) is 11.5 Å². The van der Waals surface area contributed by atoms with Gasteiger partial charge in [0, 0.05) is 11.5 Å². The Morgan fingerprint density at radius 2 is 2.06 bits per heavy atom. The number of fused-ring (bicyclic) bond motifs is 2. The summed E-state index contributed by atoms with van der Waals surface area (Å²) in [7, 11) is 1.94. The van der Waals surface area contributed by atoms with Crippen molar-refractivity contribution in [1.29, 1.82) is 0 Å². The highest BCUT2D eigenvalue weighted by Crippen LogP contribution is 2.37. The molecule has 0 atom stereocenters. The molecule has 0 aliphatic carbocycles. The smallest absolute Gasteiger partial charge is 0.231 e. The van der Waals surface area contributed by atoms with E-state index >= 15 is 0 Å². The van der Waals surface area contributed by atoms with Crippen molar-refractivity contribution >= 4 is 11.0 Å². The molecule has 2 heterocycles. The average Bonchev–Trinajstić information content (AvgIpc) is 2.89. The first-order valence-electron chi connectivity index (χ1n) is 5.33. The highest BCUT2D eigenvalue weighted by Gasteiger charge is 2.17. The Kier molecular flexibility index (Phi) is 2.22. The average molecular weight is 219 g/mol. The molecule has 0 saturated carbocycles. The van der Waals surface area contributed by atoms with Gasteiger partial charge in [-0.3, -0.25) is 0 Å². The van der Waals surface area contributed by atoms with E-state index in [1.54, 1.807) is 6.26 Å². The summed E-state index contributed by atoms with van der Waals surface area (Å²) in [5.74, 6) is 1.57. The largest absolute Gasteiger partial charge is 0.464 e. The summed E-state index contributed by atoms with van der Waals surface area (Å²) in [6.07, 6.45) is 2.75. The van der Waals surface area contributed by atoms with Crippen molar-refractivity contribution in [2.45, 2.75) is 6.42 Å². The Balaban J connectivity index is 2.05. The van der Waals surface area contributed by atoms with Crippen LogP contribution in [0.1, 0.15) is 5.56 Å². The van der Waals surface area contributed by atoms with Crippen LogP contribution < -0.4 is 14.8 Å². The molecular formula is C12H13NO3. The maximum absolute atomic E-state index is 5.51. The molecule has 0 spiro atoms. The quantitative estimate of drug-likeness (QED) is 0.856. The first kappa shape index (κ1) is 9.54. The summed E-state index contributed by atoms with van der Waals surface area (Å²) in [6.45, 7) is 1.23. The van der Waals surface area contributed by atoms with Crippen LogP contribution in [0.4, 0.5) is 0 Å². The molecule has 1 N–H and O–H groups in total. The summed E-state index contributed by atoms with van der Waals surface area (Å²) >= 11 is 0. The van der Waals surface area contributed by atoms with Crippen LogP contribution in [0.5, 0.6) is 11.5 Å². The van der Waals surface area contributed by atoms with Crippen molar-refractivity contribution in [3.63, 3.8) is 0 Å². The van der Waals surface area contributed by atoms with E-state index in [2.05, 4.69) is 5.32 Å². The molecule has 0 unspecified atom stereocenters. The summed E-state index contributed by atoms with van der Waals surface area (Å²) in [5.41, 5.74) is 2.05. The predicted molar refractivity (Wildman–Crippen MR) is 60.0 cm³/mol. The molecule has 0 radical (unpaired) electrons. The molecule has 1 aliphatic heterocycles. The zero-order valence-electron chi connectivity index (χ0n) is 9.08. The van der Waals surface area contributed by atoms with Gasteiger partial charge in [-0.25, -0.2) is 0 Å². The molecule has 4 nitrogen and oxygen atoms in total. The fourth-order valence-corrected chi connectivity index (χ4v) is 1.92. The molecule has 2 aromatic rings. The summed E-state index contributed by atoms with van der Waals surface area (Å²) in [4.78, 5) is 0. The van der Waals surface area contributed by atoms with E-state index in [4.69, 9.17) is 13.9 Å².